The van der Waals surface area contributed by atoms with Gasteiger partial charge in [0.05, 0.1) is 11.7 Å². The van der Waals surface area contributed by atoms with Gasteiger partial charge in [-0.15, -0.1) is 0 Å². The number of nitrogens with one attached hydrogen (secondary N) is 1. The normalized spacial score (nSPS) is 17.7. The highest BCUT2D eigenvalue weighted by atomic mass is 16.6. The number of esters is 1. The zero-order valence-electron chi connectivity index (χ0n) is 13.7. The minimum absolute atomic E-state index is 0.00448. The molecule has 24 heavy (non-hydrogen) atoms. The largest absolute Gasteiger partial charge is 0.447 e. The number of benzene rings is 1. The van der Waals surface area contributed by atoms with E-state index in [9.17, 15) is 9.59 Å². The van der Waals surface area contributed by atoms with Crippen LogP contribution in [0.15, 0.2) is 34.9 Å². The summed E-state index contributed by atoms with van der Waals surface area (Å²) >= 11 is 0. The Morgan fingerprint density at radius 3 is 2.92 bits per heavy atom. The molecule has 1 aromatic carbocycles. The van der Waals surface area contributed by atoms with Crippen molar-refractivity contribution >= 4 is 11.9 Å². The maximum Gasteiger partial charge on any atom is 0.377 e. The fourth-order valence-corrected chi connectivity index (χ4v) is 2.92. The number of hydrogen-bond donors (Lipinski definition) is 1. The third kappa shape index (κ3) is 3.48. The molecule has 1 amide bonds. The van der Waals surface area contributed by atoms with Gasteiger partial charge >= 0.3 is 5.97 Å². The predicted molar refractivity (Wildman–Crippen MR) is 86.4 cm³/mol. The van der Waals surface area contributed by atoms with Crippen molar-refractivity contribution in [2.45, 2.75) is 45.3 Å². The third-order valence-electron chi connectivity index (χ3n) is 4.17. The van der Waals surface area contributed by atoms with Gasteiger partial charge in [0.2, 0.25) is 5.76 Å². The molecule has 0 unspecified atom stereocenters. The Balaban J connectivity index is 1.62. The van der Waals surface area contributed by atoms with Gasteiger partial charge in [-0.3, -0.25) is 4.79 Å². The van der Waals surface area contributed by atoms with Crippen LogP contribution in [0.4, 0.5) is 0 Å². The van der Waals surface area contributed by atoms with Crippen molar-refractivity contribution in [3.05, 3.63) is 52.9 Å². The molecular formula is C18H20N2O4. The number of aromatic nitrogens is 1. The van der Waals surface area contributed by atoms with Crippen molar-refractivity contribution in [2.75, 3.05) is 0 Å². The van der Waals surface area contributed by atoms with Crippen LogP contribution in [0.2, 0.25) is 0 Å². The topological polar surface area (TPSA) is 81.4 Å². The van der Waals surface area contributed by atoms with Crippen LogP contribution >= 0.6 is 0 Å². The summed E-state index contributed by atoms with van der Waals surface area (Å²) in [5, 5.41) is 6.61. The molecule has 0 bridgehead atoms. The smallest absolute Gasteiger partial charge is 0.377 e. The van der Waals surface area contributed by atoms with Crippen molar-refractivity contribution in [1.82, 2.24) is 10.5 Å². The minimum atomic E-state index is -0.906. The van der Waals surface area contributed by atoms with Gasteiger partial charge in [0.15, 0.2) is 6.10 Å². The van der Waals surface area contributed by atoms with Gasteiger partial charge < -0.3 is 14.6 Å². The van der Waals surface area contributed by atoms with Crippen molar-refractivity contribution < 1.29 is 18.8 Å². The molecule has 3 rings (SSSR count). The molecule has 1 aliphatic carbocycles. The number of carbonyl (C=O) groups is 2. The summed E-state index contributed by atoms with van der Waals surface area (Å²) in [5.74, 6) is -1.02. The number of fused-ring (bicyclic) bond motifs is 1. The Morgan fingerprint density at radius 2 is 2.17 bits per heavy atom. The highest BCUT2D eigenvalue weighted by molar-refractivity contribution is 5.90. The summed E-state index contributed by atoms with van der Waals surface area (Å²) in [6.07, 6.45) is 2.02. The maximum absolute atomic E-state index is 12.4. The lowest BCUT2D eigenvalue weighted by Gasteiger charge is -2.27. The number of ether oxygens (including phenoxy) is 1. The first-order chi connectivity index (χ1) is 11.5. The van der Waals surface area contributed by atoms with Crippen molar-refractivity contribution in [1.29, 1.82) is 0 Å². The molecule has 0 radical (unpaired) electrons. The first-order valence-corrected chi connectivity index (χ1v) is 8.07. The summed E-state index contributed by atoms with van der Waals surface area (Å²) < 4.78 is 10.0. The summed E-state index contributed by atoms with van der Waals surface area (Å²) in [6, 6.07) is 9.53. The summed E-state index contributed by atoms with van der Waals surface area (Å²) in [6.45, 7) is 3.25. The Labute approximate surface area is 140 Å². The Bertz CT molecular complexity index is 753. The second-order valence-corrected chi connectivity index (χ2v) is 6.03. The molecule has 1 heterocycles. The van der Waals surface area contributed by atoms with Gasteiger partial charge in [-0.25, -0.2) is 4.79 Å². The highest BCUT2D eigenvalue weighted by Crippen LogP contribution is 2.29. The van der Waals surface area contributed by atoms with Crippen LogP contribution in [0, 0.1) is 6.92 Å². The highest BCUT2D eigenvalue weighted by Gasteiger charge is 2.26. The standard InChI is InChI=1S/C18H20N2O4/c1-11-10-16(24-20-11)18(22)23-12(2)17(21)19-15-9-5-7-13-6-3-4-8-14(13)15/h3-4,6,8,10,12,15H,5,7,9H2,1-2H3,(H,19,21)/t12-,15+/m1/s1. The molecule has 0 spiro atoms. The number of rotatable bonds is 4. The zero-order valence-corrected chi connectivity index (χ0v) is 13.7. The van der Waals surface area contributed by atoms with Crippen LogP contribution in [0.25, 0.3) is 0 Å². The van der Waals surface area contributed by atoms with E-state index >= 15 is 0 Å². The van der Waals surface area contributed by atoms with Crippen LogP contribution in [0.1, 0.15) is 53.2 Å². The zero-order chi connectivity index (χ0) is 17.1. The van der Waals surface area contributed by atoms with Gasteiger partial charge in [-0.05, 0) is 44.2 Å². The number of aryl methyl sites for hydroxylation is 2. The fraction of sp³-hybridized carbons (Fsp3) is 0.389. The molecule has 0 saturated heterocycles. The summed E-state index contributed by atoms with van der Waals surface area (Å²) in [4.78, 5) is 24.3. The second kappa shape index (κ2) is 6.86. The molecule has 1 aromatic heterocycles. The average molecular weight is 328 g/mol. The summed E-state index contributed by atoms with van der Waals surface area (Å²) in [5.41, 5.74) is 2.98. The van der Waals surface area contributed by atoms with Gasteiger partial charge in [0.25, 0.3) is 5.91 Å². The molecular weight excluding hydrogens is 308 g/mol. The number of hydrogen-bond acceptors (Lipinski definition) is 5. The fourth-order valence-electron chi connectivity index (χ4n) is 2.92. The molecule has 126 valence electrons. The van der Waals surface area contributed by atoms with E-state index in [1.54, 1.807) is 13.8 Å². The van der Waals surface area contributed by atoms with Gasteiger partial charge in [-0.2, -0.15) is 0 Å². The first-order valence-electron chi connectivity index (χ1n) is 8.07. The number of amides is 1. The van der Waals surface area contributed by atoms with E-state index in [-0.39, 0.29) is 17.7 Å². The lowest BCUT2D eigenvalue weighted by atomic mass is 9.87. The molecule has 0 aliphatic heterocycles. The number of nitrogens with zero attached hydrogens (tertiary/aromatic N) is 1. The average Bonchev–Trinajstić information content (AvgIpc) is 3.01. The second-order valence-electron chi connectivity index (χ2n) is 6.03. The van der Waals surface area contributed by atoms with E-state index in [4.69, 9.17) is 9.26 Å². The van der Waals surface area contributed by atoms with E-state index in [2.05, 4.69) is 16.5 Å². The van der Waals surface area contributed by atoms with Gasteiger partial charge in [0, 0.05) is 6.07 Å². The predicted octanol–water partition coefficient (Wildman–Crippen LogP) is 2.72. The molecule has 1 aliphatic rings. The van der Waals surface area contributed by atoms with Crippen molar-refractivity contribution in [3.63, 3.8) is 0 Å². The quantitative estimate of drug-likeness (QED) is 0.873. The SMILES string of the molecule is Cc1cc(C(=O)O[C@H](C)C(=O)N[C@H]2CCCc3ccccc32)on1. The van der Waals surface area contributed by atoms with Gasteiger partial charge in [0.1, 0.15) is 0 Å². The third-order valence-corrected chi connectivity index (χ3v) is 4.17. The first kappa shape index (κ1) is 16.2. The Morgan fingerprint density at radius 1 is 1.38 bits per heavy atom. The van der Waals surface area contributed by atoms with E-state index in [1.165, 1.54) is 11.6 Å². The van der Waals surface area contributed by atoms with Crippen LogP contribution in [-0.2, 0) is 16.0 Å². The maximum atomic E-state index is 12.4. The minimum Gasteiger partial charge on any atom is -0.447 e. The lowest BCUT2D eigenvalue weighted by molar-refractivity contribution is -0.130. The lowest BCUT2D eigenvalue weighted by Crippen LogP contribution is -2.39. The molecule has 0 fully saturated rings. The molecule has 2 atom stereocenters. The Kier molecular flexibility index (Phi) is 4.64. The van der Waals surface area contributed by atoms with Crippen molar-refractivity contribution in [3.8, 4) is 0 Å². The van der Waals surface area contributed by atoms with E-state index in [1.807, 2.05) is 18.2 Å². The molecule has 0 saturated carbocycles. The van der Waals surface area contributed by atoms with Crippen LogP contribution in [0.3, 0.4) is 0 Å². The number of carbonyl (C=O) groups excluding carboxylic acids is 2. The van der Waals surface area contributed by atoms with E-state index < -0.39 is 12.1 Å². The van der Waals surface area contributed by atoms with E-state index in [0.717, 1.165) is 24.8 Å². The van der Waals surface area contributed by atoms with Crippen LogP contribution < -0.4 is 5.32 Å². The summed E-state index contributed by atoms with van der Waals surface area (Å²) in [7, 11) is 0. The van der Waals surface area contributed by atoms with Crippen LogP contribution in [-0.4, -0.2) is 23.1 Å². The molecule has 6 nitrogen and oxygen atoms in total. The van der Waals surface area contributed by atoms with Crippen molar-refractivity contribution in [2.24, 2.45) is 0 Å². The molecule has 2 aromatic rings. The van der Waals surface area contributed by atoms with Gasteiger partial charge in [-0.1, -0.05) is 29.4 Å². The molecule has 1 N–H and O–H groups in total. The molecule has 6 heteroatoms. The monoisotopic (exact) mass is 328 g/mol. The Hall–Kier alpha value is -2.63. The van der Waals surface area contributed by atoms with Crippen LogP contribution in [0.5, 0.6) is 0 Å². The van der Waals surface area contributed by atoms with E-state index in [0.29, 0.717) is 5.69 Å².